The van der Waals surface area contributed by atoms with Crippen LogP contribution in [-0.2, 0) is 5.54 Å². The summed E-state index contributed by atoms with van der Waals surface area (Å²) in [5.74, 6) is 0.485. The van der Waals surface area contributed by atoms with Crippen LogP contribution in [0, 0.1) is 5.82 Å². The number of thiol groups is 1. The largest absolute Gasteiger partial charge is 0.351 e. The van der Waals surface area contributed by atoms with E-state index in [4.69, 9.17) is 0 Å². The van der Waals surface area contributed by atoms with Crippen molar-refractivity contribution in [2.75, 3.05) is 12.3 Å². The van der Waals surface area contributed by atoms with Gasteiger partial charge in [0.05, 0.1) is 11.2 Å². The Bertz CT molecular complexity index is 720. The van der Waals surface area contributed by atoms with E-state index < -0.39 is 0 Å². The molecule has 1 aromatic carbocycles. The normalized spacial score (nSPS) is 11.6. The Hall–Kier alpha value is -1.82. The lowest BCUT2D eigenvalue weighted by Gasteiger charge is -2.22. The highest BCUT2D eigenvalue weighted by Gasteiger charge is 2.24. The molecule has 0 fully saturated rings. The third-order valence-electron chi connectivity index (χ3n) is 4.09. The predicted molar refractivity (Wildman–Crippen MR) is 107 cm³/mol. The molecule has 1 heterocycles. The van der Waals surface area contributed by atoms with Crippen molar-refractivity contribution in [1.29, 1.82) is 0 Å². The van der Waals surface area contributed by atoms with E-state index in [0.717, 1.165) is 37.0 Å². The maximum atomic E-state index is 13.2. The molecule has 0 atom stereocenters. The SMILES string of the molecule is CC(C)(C)n1nc(-c2ccc(F)cc2)cc1C(=O)NCCCCCCS. The number of amides is 1. The Morgan fingerprint density at radius 1 is 1.15 bits per heavy atom. The maximum Gasteiger partial charge on any atom is 0.269 e. The first-order chi connectivity index (χ1) is 12.3. The van der Waals surface area contributed by atoms with Crippen LogP contribution in [0.1, 0.15) is 56.9 Å². The molecule has 0 saturated carbocycles. The Labute approximate surface area is 160 Å². The average Bonchev–Trinajstić information content (AvgIpc) is 3.04. The van der Waals surface area contributed by atoms with E-state index in [0.29, 0.717) is 17.9 Å². The summed E-state index contributed by atoms with van der Waals surface area (Å²) in [6.07, 6.45) is 4.27. The first kappa shape index (κ1) is 20.5. The summed E-state index contributed by atoms with van der Waals surface area (Å²) in [5.41, 5.74) is 1.64. The van der Waals surface area contributed by atoms with E-state index >= 15 is 0 Å². The molecule has 0 aliphatic heterocycles. The number of hydrogen-bond acceptors (Lipinski definition) is 3. The fourth-order valence-corrected chi connectivity index (χ4v) is 2.92. The first-order valence-corrected chi connectivity index (χ1v) is 9.71. The van der Waals surface area contributed by atoms with E-state index in [-0.39, 0.29) is 17.3 Å². The molecule has 0 saturated heterocycles. The van der Waals surface area contributed by atoms with Crippen molar-refractivity contribution in [2.45, 2.75) is 52.0 Å². The zero-order valence-electron chi connectivity index (χ0n) is 15.8. The number of nitrogens with one attached hydrogen (secondary N) is 1. The smallest absolute Gasteiger partial charge is 0.269 e. The lowest BCUT2D eigenvalue weighted by Crippen LogP contribution is -2.32. The minimum atomic E-state index is -0.336. The minimum Gasteiger partial charge on any atom is -0.351 e. The van der Waals surface area contributed by atoms with Crippen LogP contribution in [0.15, 0.2) is 30.3 Å². The van der Waals surface area contributed by atoms with Crippen molar-refractivity contribution in [2.24, 2.45) is 0 Å². The first-order valence-electron chi connectivity index (χ1n) is 9.08. The number of carbonyl (C=O) groups is 1. The maximum absolute atomic E-state index is 13.2. The standard InChI is InChI=1S/C20H28FN3OS/c1-20(2,3)24-18(19(25)22-12-6-4-5-7-13-26)14-17(23-24)15-8-10-16(21)11-9-15/h8-11,14,26H,4-7,12-13H2,1-3H3,(H,22,25). The summed E-state index contributed by atoms with van der Waals surface area (Å²) in [6, 6.07) is 7.92. The van der Waals surface area contributed by atoms with Crippen molar-refractivity contribution in [1.82, 2.24) is 15.1 Å². The van der Waals surface area contributed by atoms with Crippen LogP contribution < -0.4 is 5.32 Å². The molecule has 2 aromatic rings. The molecule has 0 bridgehead atoms. The van der Waals surface area contributed by atoms with Crippen molar-refractivity contribution in [3.8, 4) is 11.3 Å². The van der Waals surface area contributed by atoms with Gasteiger partial charge in [0.15, 0.2) is 0 Å². The zero-order valence-corrected chi connectivity index (χ0v) is 16.7. The highest BCUT2D eigenvalue weighted by molar-refractivity contribution is 7.80. The number of nitrogens with zero attached hydrogens (tertiary/aromatic N) is 2. The molecule has 4 nitrogen and oxygen atoms in total. The molecule has 142 valence electrons. The van der Waals surface area contributed by atoms with Gasteiger partial charge in [-0.15, -0.1) is 0 Å². The number of benzene rings is 1. The van der Waals surface area contributed by atoms with E-state index in [2.05, 4.69) is 23.0 Å². The third kappa shape index (κ3) is 5.59. The van der Waals surface area contributed by atoms with E-state index in [1.54, 1.807) is 22.9 Å². The van der Waals surface area contributed by atoms with Crippen LogP contribution in [0.25, 0.3) is 11.3 Å². The summed E-state index contributed by atoms with van der Waals surface area (Å²) in [5, 5.41) is 7.58. The minimum absolute atomic E-state index is 0.130. The van der Waals surface area contributed by atoms with Crippen molar-refractivity contribution in [3.63, 3.8) is 0 Å². The van der Waals surface area contributed by atoms with Gasteiger partial charge in [-0.2, -0.15) is 17.7 Å². The van der Waals surface area contributed by atoms with Gasteiger partial charge in [0.25, 0.3) is 5.91 Å². The predicted octanol–water partition coefficient (Wildman–Crippen LogP) is 4.66. The number of unbranched alkanes of at least 4 members (excludes halogenated alkanes) is 3. The molecule has 0 aliphatic rings. The van der Waals surface area contributed by atoms with Crippen LogP contribution in [-0.4, -0.2) is 28.0 Å². The number of carbonyl (C=O) groups excluding carboxylic acids is 1. The van der Waals surface area contributed by atoms with Crippen LogP contribution in [0.5, 0.6) is 0 Å². The summed E-state index contributed by atoms with van der Waals surface area (Å²) < 4.78 is 14.9. The van der Waals surface area contributed by atoms with Gasteiger partial charge in [-0.05, 0) is 69.7 Å². The quantitative estimate of drug-likeness (QED) is 0.519. The second-order valence-corrected chi connectivity index (χ2v) is 7.85. The summed E-state index contributed by atoms with van der Waals surface area (Å²) in [7, 11) is 0. The molecule has 0 radical (unpaired) electrons. The van der Waals surface area contributed by atoms with Gasteiger partial charge in [0.2, 0.25) is 0 Å². The second-order valence-electron chi connectivity index (χ2n) is 7.40. The van der Waals surface area contributed by atoms with Gasteiger partial charge in [0.1, 0.15) is 11.5 Å². The average molecular weight is 378 g/mol. The summed E-state index contributed by atoms with van der Waals surface area (Å²) >= 11 is 4.20. The van der Waals surface area contributed by atoms with E-state index in [1.165, 1.54) is 12.1 Å². The fourth-order valence-electron chi connectivity index (χ4n) is 2.70. The molecule has 1 N–H and O–H groups in total. The molecular weight excluding hydrogens is 349 g/mol. The molecular formula is C20H28FN3OS. The van der Waals surface area contributed by atoms with Crippen LogP contribution in [0.2, 0.25) is 0 Å². The van der Waals surface area contributed by atoms with Gasteiger partial charge < -0.3 is 5.32 Å². The zero-order chi connectivity index (χ0) is 19.2. The van der Waals surface area contributed by atoms with Gasteiger partial charge in [-0.1, -0.05) is 12.8 Å². The molecule has 1 aromatic heterocycles. The highest BCUT2D eigenvalue weighted by atomic mass is 32.1. The number of halogens is 1. The van der Waals surface area contributed by atoms with Crippen molar-refractivity contribution in [3.05, 3.63) is 41.8 Å². The topological polar surface area (TPSA) is 46.9 Å². The molecule has 1 amide bonds. The Morgan fingerprint density at radius 3 is 2.42 bits per heavy atom. The highest BCUT2D eigenvalue weighted by Crippen LogP contribution is 2.24. The van der Waals surface area contributed by atoms with Crippen LogP contribution in [0.4, 0.5) is 4.39 Å². The Morgan fingerprint density at radius 2 is 1.81 bits per heavy atom. The van der Waals surface area contributed by atoms with Crippen molar-refractivity contribution >= 4 is 18.5 Å². The Balaban J connectivity index is 2.13. The third-order valence-corrected chi connectivity index (χ3v) is 4.40. The van der Waals surface area contributed by atoms with E-state index in [1.807, 2.05) is 20.8 Å². The van der Waals surface area contributed by atoms with Crippen molar-refractivity contribution < 1.29 is 9.18 Å². The molecule has 0 unspecified atom stereocenters. The van der Waals surface area contributed by atoms with Gasteiger partial charge >= 0.3 is 0 Å². The lowest BCUT2D eigenvalue weighted by molar-refractivity contribution is 0.0934. The molecule has 26 heavy (non-hydrogen) atoms. The Kier molecular flexibility index (Phi) is 7.26. The summed E-state index contributed by atoms with van der Waals surface area (Å²) in [6.45, 7) is 6.65. The monoisotopic (exact) mass is 377 g/mol. The molecule has 0 aliphatic carbocycles. The lowest BCUT2D eigenvalue weighted by atomic mass is 10.1. The molecule has 2 rings (SSSR count). The van der Waals surface area contributed by atoms with Gasteiger partial charge in [-0.3, -0.25) is 9.48 Å². The molecule has 0 spiro atoms. The second kappa shape index (κ2) is 9.21. The number of aromatic nitrogens is 2. The van der Waals surface area contributed by atoms with Crippen LogP contribution >= 0.6 is 12.6 Å². The number of rotatable bonds is 8. The van der Waals surface area contributed by atoms with E-state index in [9.17, 15) is 9.18 Å². The fraction of sp³-hybridized carbons (Fsp3) is 0.500. The van der Waals surface area contributed by atoms with Crippen LogP contribution in [0.3, 0.4) is 0 Å². The summed E-state index contributed by atoms with van der Waals surface area (Å²) in [4.78, 5) is 12.7. The van der Waals surface area contributed by atoms with Gasteiger partial charge in [-0.25, -0.2) is 4.39 Å². The molecule has 6 heteroatoms. The van der Waals surface area contributed by atoms with Gasteiger partial charge in [0, 0.05) is 12.1 Å². The number of hydrogen-bond donors (Lipinski definition) is 2.